The number of nitrogens with zero attached hydrogens (tertiary/aromatic N) is 6. The summed E-state index contributed by atoms with van der Waals surface area (Å²) in [6, 6.07) is 3.99. The van der Waals surface area contributed by atoms with Crippen LogP contribution in [0.1, 0.15) is 22.4 Å². The van der Waals surface area contributed by atoms with Crippen LogP contribution < -0.4 is 4.90 Å². The van der Waals surface area contributed by atoms with Crippen LogP contribution in [0.25, 0.3) is 0 Å². The highest BCUT2D eigenvalue weighted by Gasteiger charge is 2.27. The van der Waals surface area contributed by atoms with Gasteiger partial charge in [-0.15, -0.1) is 11.3 Å². The third-order valence-corrected chi connectivity index (χ3v) is 4.77. The third kappa shape index (κ3) is 3.15. The van der Waals surface area contributed by atoms with Crippen molar-refractivity contribution in [3.63, 3.8) is 0 Å². The highest BCUT2D eigenvalue weighted by molar-refractivity contribution is 7.09. The van der Waals surface area contributed by atoms with Crippen molar-refractivity contribution in [3.05, 3.63) is 52.5 Å². The number of hydrogen-bond acceptors (Lipinski definition) is 7. The minimum atomic E-state index is 0.132. The molecule has 124 valence electrons. The van der Waals surface area contributed by atoms with E-state index < -0.39 is 0 Å². The number of ether oxygens (including phenoxy) is 1. The molecule has 0 radical (unpaired) electrons. The van der Waals surface area contributed by atoms with Crippen molar-refractivity contribution in [1.29, 1.82) is 0 Å². The first-order valence-electron chi connectivity index (χ1n) is 7.83. The lowest BCUT2D eigenvalue weighted by Gasteiger charge is -2.33. The van der Waals surface area contributed by atoms with Gasteiger partial charge in [-0.3, -0.25) is 4.68 Å². The molecule has 4 heterocycles. The first-order chi connectivity index (χ1) is 11.8. The number of aromatic nitrogens is 5. The minimum absolute atomic E-state index is 0.132. The van der Waals surface area contributed by atoms with Crippen LogP contribution in [-0.4, -0.2) is 37.9 Å². The van der Waals surface area contributed by atoms with Gasteiger partial charge in [0, 0.05) is 30.5 Å². The summed E-state index contributed by atoms with van der Waals surface area (Å²) in [4.78, 5) is 15.3. The molecule has 0 aliphatic carbocycles. The van der Waals surface area contributed by atoms with Crippen LogP contribution in [0, 0.1) is 6.92 Å². The van der Waals surface area contributed by atoms with Gasteiger partial charge in [0.2, 0.25) is 5.95 Å². The first kappa shape index (κ1) is 15.2. The summed E-state index contributed by atoms with van der Waals surface area (Å²) in [5.41, 5.74) is 2.13. The summed E-state index contributed by atoms with van der Waals surface area (Å²) >= 11 is 1.64. The average molecular weight is 342 g/mol. The van der Waals surface area contributed by atoms with Crippen LogP contribution in [0.5, 0.6) is 0 Å². The molecule has 8 heteroatoms. The van der Waals surface area contributed by atoms with Gasteiger partial charge in [-0.1, -0.05) is 0 Å². The second kappa shape index (κ2) is 6.66. The predicted molar refractivity (Wildman–Crippen MR) is 90.9 cm³/mol. The van der Waals surface area contributed by atoms with Crippen molar-refractivity contribution in [2.75, 3.05) is 18.1 Å². The van der Waals surface area contributed by atoms with Gasteiger partial charge >= 0.3 is 0 Å². The fourth-order valence-corrected chi connectivity index (χ4v) is 3.49. The molecule has 0 spiro atoms. The van der Waals surface area contributed by atoms with Crippen molar-refractivity contribution >= 4 is 17.3 Å². The van der Waals surface area contributed by atoms with Gasteiger partial charge in [-0.2, -0.15) is 5.10 Å². The number of fused-ring (bicyclic) bond motifs is 1. The van der Waals surface area contributed by atoms with E-state index in [-0.39, 0.29) is 6.04 Å². The second-order valence-corrected chi connectivity index (χ2v) is 6.79. The van der Waals surface area contributed by atoms with Gasteiger partial charge in [0.05, 0.1) is 42.2 Å². The van der Waals surface area contributed by atoms with E-state index in [4.69, 9.17) is 4.74 Å². The molecule has 1 atom stereocenters. The van der Waals surface area contributed by atoms with E-state index >= 15 is 0 Å². The van der Waals surface area contributed by atoms with E-state index in [1.165, 1.54) is 0 Å². The van der Waals surface area contributed by atoms with Crippen LogP contribution in [0.15, 0.2) is 36.1 Å². The minimum Gasteiger partial charge on any atom is -0.373 e. The molecule has 3 aromatic rings. The molecule has 7 nitrogen and oxygen atoms in total. The maximum Gasteiger partial charge on any atom is 0.225 e. The van der Waals surface area contributed by atoms with Gasteiger partial charge in [0.1, 0.15) is 0 Å². The van der Waals surface area contributed by atoms with Crippen molar-refractivity contribution in [3.8, 4) is 0 Å². The van der Waals surface area contributed by atoms with E-state index in [1.807, 2.05) is 35.3 Å². The Labute approximate surface area is 144 Å². The predicted octanol–water partition coefficient (Wildman–Crippen LogP) is 2.22. The SMILES string of the molecule is Cc1nc(COCC2CN(c3ncccn3)Cc3ccnn32)cs1. The van der Waals surface area contributed by atoms with Crippen molar-refractivity contribution in [1.82, 2.24) is 24.7 Å². The van der Waals surface area contributed by atoms with E-state index in [0.29, 0.717) is 13.2 Å². The largest absolute Gasteiger partial charge is 0.373 e. The van der Waals surface area contributed by atoms with Crippen LogP contribution in [0.4, 0.5) is 5.95 Å². The first-order valence-corrected chi connectivity index (χ1v) is 8.70. The Bertz CT molecular complexity index is 802. The second-order valence-electron chi connectivity index (χ2n) is 5.72. The summed E-state index contributed by atoms with van der Waals surface area (Å²) in [7, 11) is 0. The van der Waals surface area contributed by atoms with E-state index in [1.54, 1.807) is 23.7 Å². The smallest absolute Gasteiger partial charge is 0.225 e. The lowest BCUT2D eigenvalue weighted by Crippen LogP contribution is -2.40. The molecule has 4 rings (SSSR count). The molecule has 1 aliphatic rings. The molecule has 24 heavy (non-hydrogen) atoms. The molecule has 0 N–H and O–H groups in total. The molecular formula is C16H18N6OS. The highest BCUT2D eigenvalue weighted by Crippen LogP contribution is 2.23. The fraction of sp³-hybridized carbons (Fsp3) is 0.375. The number of aryl methyl sites for hydroxylation is 1. The Morgan fingerprint density at radius 3 is 2.96 bits per heavy atom. The molecule has 0 bridgehead atoms. The summed E-state index contributed by atoms with van der Waals surface area (Å²) < 4.78 is 7.95. The zero-order valence-corrected chi connectivity index (χ0v) is 14.2. The Morgan fingerprint density at radius 2 is 2.17 bits per heavy atom. The van der Waals surface area contributed by atoms with E-state index in [9.17, 15) is 0 Å². The van der Waals surface area contributed by atoms with Gasteiger partial charge in [0.15, 0.2) is 0 Å². The van der Waals surface area contributed by atoms with Crippen LogP contribution >= 0.6 is 11.3 Å². The molecule has 0 aromatic carbocycles. The van der Waals surface area contributed by atoms with Crippen LogP contribution in [0.2, 0.25) is 0 Å². The topological polar surface area (TPSA) is 69.0 Å². The Morgan fingerprint density at radius 1 is 1.29 bits per heavy atom. The molecule has 1 unspecified atom stereocenters. The van der Waals surface area contributed by atoms with E-state index in [2.05, 4.69) is 25.0 Å². The summed E-state index contributed by atoms with van der Waals surface area (Å²) in [5.74, 6) is 0.741. The monoisotopic (exact) mass is 342 g/mol. The quantitative estimate of drug-likeness (QED) is 0.708. The molecule has 3 aromatic heterocycles. The van der Waals surface area contributed by atoms with Gasteiger partial charge in [-0.05, 0) is 19.1 Å². The van der Waals surface area contributed by atoms with E-state index in [0.717, 1.165) is 35.4 Å². The fourth-order valence-electron chi connectivity index (χ4n) is 2.89. The molecule has 0 fully saturated rings. The van der Waals surface area contributed by atoms with Gasteiger partial charge < -0.3 is 9.64 Å². The average Bonchev–Trinajstić information content (AvgIpc) is 3.24. The lowest BCUT2D eigenvalue weighted by atomic mass is 10.2. The normalized spacial score (nSPS) is 17.0. The van der Waals surface area contributed by atoms with Crippen molar-refractivity contribution in [2.45, 2.75) is 26.1 Å². The molecular weight excluding hydrogens is 324 g/mol. The van der Waals surface area contributed by atoms with Crippen LogP contribution in [-0.2, 0) is 17.9 Å². The molecule has 1 aliphatic heterocycles. The Balaban J connectivity index is 1.45. The van der Waals surface area contributed by atoms with Gasteiger partial charge in [-0.25, -0.2) is 15.0 Å². The Hall–Kier alpha value is -2.32. The summed E-state index contributed by atoms with van der Waals surface area (Å²) in [6.07, 6.45) is 5.37. The zero-order chi connectivity index (χ0) is 16.4. The molecule has 0 saturated carbocycles. The maximum atomic E-state index is 5.90. The van der Waals surface area contributed by atoms with Gasteiger partial charge in [0.25, 0.3) is 0 Å². The number of rotatable bonds is 5. The van der Waals surface area contributed by atoms with Crippen molar-refractivity contribution in [2.24, 2.45) is 0 Å². The number of anilines is 1. The van der Waals surface area contributed by atoms with Crippen molar-refractivity contribution < 1.29 is 4.74 Å². The molecule has 0 saturated heterocycles. The molecule has 0 amide bonds. The zero-order valence-electron chi connectivity index (χ0n) is 13.4. The summed E-state index contributed by atoms with van der Waals surface area (Å²) in [5, 5.41) is 7.56. The Kier molecular flexibility index (Phi) is 4.22. The third-order valence-electron chi connectivity index (χ3n) is 3.94. The lowest BCUT2D eigenvalue weighted by molar-refractivity contribution is 0.0820. The summed E-state index contributed by atoms with van der Waals surface area (Å²) in [6.45, 7) is 4.64. The number of thiazole rings is 1. The standard InChI is InChI=1S/C16H18N6OS/c1-12-20-13(11-24-12)9-23-10-15-8-21(16-17-4-2-5-18-16)7-14-3-6-19-22(14)15/h2-6,11,15H,7-10H2,1H3. The van der Waals surface area contributed by atoms with Crippen LogP contribution in [0.3, 0.4) is 0 Å². The highest BCUT2D eigenvalue weighted by atomic mass is 32.1. The number of hydrogen-bond donors (Lipinski definition) is 0. The maximum absolute atomic E-state index is 5.90.